The average molecular weight is 154 g/mol. The molecule has 1 aliphatic heterocycles. The zero-order valence-electron chi connectivity index (χ0n) is 5.39. The van der Waals surface area contributed by atoms with Crippen LogP contribution < -0.4 is 5.48 Å². The van der Waals surface area contributed by atoms with Crippen LogP contribution in [0.2, 0.25) is 0 Å². The van der Waals surface area contributed by atoms with Crippen LogP contribution in [0, 0.1) is 0 Å². The Kier molecular flexibility index (Phi) is 3.43. The molecule has 0 aromatic carbocycles. The predicted molar refractivity (Wildman–Crippen MR) is 36.4 cm³/mol. The maximum Gasteiger partial charge on any atom is 0.104 e. The summed E-state index contributed by atoms with van der Waals surface area (Å²) in [6.07, 6.45) is 0.750. The highest BCUT2D eigenvalue weighted by Crippen LogP contribution is 2.12. The molecule has 9 heavy (non-hydrogen) atoms. The normalized spacial score (nSPS) is 34.0. The Bertz CT molecular complexity index is 83.0. The third kappa shape index (κ3) is 2.10. The van der Waals surface area contributed by atoms with Crippen LogP contribution in [-0.2, 0) is 4.84 Å². The number of rotatable bonds is 1. The van der Waals surface area contributed by atoms with Gasteiger partial charge < -0.3 is 5.11 Å². The smallest absolute Gasteiger partial charge is 0.104 e. The monoisotopic (exact) mass is 153 g/mol. The van der Waals surface area contributed by atoms with Crippen molar-refractivity contribution < 1.29 is 9.94 Å². The van der Waals surface area contributed by atoms with Crippen LogP contribution >= 0.6 is 12.4 Å². The minimum Gasteiger partial charge on any atom is -0.386 e. The molecule has 2 N–H and O–H groups in total. The van der Waals surface area contributed by atoms with Crippen LogP contribution in [0.15, 0.2) is 0 Å². The topological polar surface area (TPSA) is 41.5 Å². The quantitative estimate of drug-likeness (QED) is 0.561. The molecule has 0 radical (unpaired) electrons. The zero-order chi connectivity index (χ0) is 6.04. The third-order valence-corrected chi connectivity index (χ3v) is 1.50. The second kappa shape index (κ2) is 3.37. The molecule has 0 bridgehead atoms. The van der Waals surface area contributed by atoms with E-state index in [1.807, 2.05) is 6.92 Å². The molecule has 1 atom stereocenters. The first-order valence-electron chi connectivity index (χ1n) is 2.84. The number of nitrogens with one attached hydrogen (secondary N) is 1. The second-order valence-electron chi connectivity index (χ2n) is 2.19. The van der Waals surface area contributed by atoms with E-state index in [1.54, 1.807) is 0 Å². The van der Waals surface area contributed by atoms with Gasteiger partial charge in [-0.25, -0.2) is 0 Å². The molecule has 3 nitrogen and oxygen atoms in total. The Morgan fingerprint density at radius 1 is 1.78 bits per heavy atom. The number of hydrogen-bond donors (Lipinski definition) is 2. The number of β-amino-alcohol motifs (C(OH)–C–C–N with tert-alkyl or cyclic N) is 1. The Balaban J connectivity index is 0.000000640. The second-order valence-corrected chi connectivity index (χ2v) is 2.19. The van der Waals surface area contributed by atoms with Gasteiger partial charge >= 0.3 is 0 Å². The highest BCUT2D eigenvalue weighted by molar-refractivity contribution is 5.85. The summed E-state index contributed by atoms with van der Waals surface area (Å²) in [6.45, 7) is 2.92. The largest absolute Gasteiger partial charge is 0.386 e. The maximum atomic E-state index is 9.31. The van der Waals surface area contributed by atoms with E-state index in [1.165, 1.54) is 0 Å². The van der Waals surface area contributed by atoms with Gasteiger partial charge in [0.2, 0.25) is 0 Å². The number of halogens is 1. The van der Waals surface area contributed by atoms with E-state index in [-0.39, 0.29) is 12.4 Å². The molecule has 56 valence electrons. The van der Waals surface area contributed by atoms with Crippen molar-refractivity contribution in [1.82, 2.24) is 5.48 Å². The van der Waals surface area contributed by atoms with Crippen LogP contribution in [-0.4, -0.2) is 23.9 Å². The van der Waals surface area contributed by atoms with E-state index in [0.717, 1.165) is 6.42 Å². The van der Waals surface area contributed by atoms with Crippen molar-refractivity contribution >= 4 is 12.4 Å². The van der Waals surface area contributed by atoms with Crippen LogP contribution in [0.5, 0.6) is 0 Å². The van der Waals surface area contributed by atoms with Gasteiger partial charge in [0, 0.05) is 0 Å². The Morgan fingerprint density at radius 3 is 2.67 bits per heavy atom. The Morgan fingerprint density at radius 2 is 2.44 bits per heavy atom. The SMILES string of the molecule is CC[C@]1(O)CNOC1.Cl. The number of hydrogen-bond acceptors (Lipinski definition) is 3. The zero-order valence-corrected chi connectivity index (χ0v) is 6.20. The maximum absolute atomic E-state index is 9.31. The van der Waals surface area contributed by atoms with Gasteiger partial charge in [0.1, 0.15) is 5.60 Å². The molecular weight excluding hydrogens is 142 g/mol. The minimum absolute atomic E-state index is 0. The lowest BCUT2D eigenvalue weighted by atomic mass is 10.0. The van der Waals surface area contributed by atoms with E-state index in [2.05, 4.69) is 5.48 Å². The van der Waals surface area contributed by atoms with Gasteiger partial charge in [0.15, 0.2) is 0 Å². The third-order valence-electron chi connectivity index (χ3n) is 1.50. The molecule has 1 rings (SSSR count). The summed E-state index contributed by atoms with van der Waals surface area (Å²) < 4.78 is 0. The summed E-state index contributed by atoms with van der Waals surface area (Å²) in [6, 6.07) is 0. The highest BCUT2D eigenvalue weighted by atomic mass is 35.5. The molecule has 4 heteroatoms. The van der Waals surface area contributed by atoms with E-state index >= 15 is 0 Å². The van der Waals surface area contributed by atoms with Gasteiger partial charge in [-0.15, -0.1) is 12.4 Å². The molecule has 1 aliphatic rings. The molecule has 0 amide bonds. The van der Waals surface area contributed by atoms with Crippen LogP contribution in [0.3, 0.4) is 0 Å². The first kappa shape index (κ1) is 9.17. The van der Waals surface area contributed by atoms with Crippen molar-refractivity contribution in [3.63, 3.8) is 0 Å². The molecule has 0 saturated carbocycles. The molecule has 1 fully saturated rings. The van der Waals surface area contributed by atoms with Crippen molar-refractivity contribution in [2.24, 2.45) is 0 Å². The fraction of sp³-hybridized carbons (Fsp3) is 1.00. The highest BCUT2D eigenvalue weighted by Gasteiger charge is 2.29. The first-order chi connectivity index (χ1) is 3.77. The lowest BCUT2D eigenvalue weighted by Gasteiger charge is -2.14. The summed E-state index contributed by atoms with van der Waals surface area (Å²) in [4.78, 5) is 4.75. The van der Waals surface area contributed by atoms with Crippen molar-refractivity contribution in [1.29, 1.82) is 0 Å². The minimum atomic E-state index is -0.597. The van der Waals surface area contributed by atoms with Gasteiger partial charge in [-0.05, 0) is 6.42 Å². The Hall–Kier alpha value is 0.170. The van der Waals surface area contributed by atoms with E-state index < -0.39 is 5.60 Å². The average Bonchev–Trinajstić information content (AvgIpc) is 2.17. The molecule has 0 aromatic rings. The van der Waals surface area contributed by atoms with Gasteiger partial charge in [-0.3, -0.25) is 4.84 Å². The first-order valence-corrected chi connectivity index (χ1v) is 2.84. The summed E-state index contributed by atoms with van der Waals surface area (Å²) in [7, 11) is 0. The van der Waals surface area contributed by atoms with Crippen molar-refractivity contribution in [3.05, 3.63) is 0 Å². The Labute approximate surface area is 60.8 Å². The fourth-order valence-corrected chi connectivity index (χ4v) is 0.649. The summed E-state index contributed by atoms with van der Waals surface area (Å²) >= 11 is 0. The van der Waals surface area contributed by atoms with E-state index in [9.17, 15) is 5.11 Å². The van der Waals surface area contributed by atoms with Gasteiger partial charge in [-0.1, -0.05) is 6.92 Å². The molecule has 1 saturated heterocycles. The molecular formula is C5H12ClNO2. The molecule has 1 heterocycles. The van der Waals surface area contributed by atoms with Gasteiger partial charge in [0.25, 0.3) is 0 Å². The summed E-state index contributed by atoms with van der Waals surface area (Å²) in [5.41, 5.74) is 2.02. The van der Waals surface area contributed by atoms with Crippen LogP contribution in [0.4, 0.5) is 0 Å². The van der Waals surface area contributed by atoms with Crippen LogP contribution in [0.1, 0.15) is 13.3 Å². The molecule has 0 unspecified atom stereocenters. The van der Waals surface area contributed by atoms with Gasteiger partial charge in [0.05, 0.1) is 13.2 Å². The van der Waals surface area contributed by atoms with Crippen molar-refractivity contribution in [3.8, 4) is 0 Å². The molecule has 0 aliphatic carbocycles. The summed E-state index contributed by atoms with van der Waals surface area (Å²) in [5.74, 6) is 0. The van der Waals surface area contributed by atoms with Crippen LogP contribution in [0.25, 0.3) is 0 Å². The van der Waals surface area contributed by atoms with Crippen molar-refractivity contribution in [2.75, 3.05) is 13.2 Å². The lowest BCUT2D eigenvalue weighted by molar-refractivity contribution is 0.0195. The number of hydroxylamine groups is 1. The lowest BCUT2D eigenvalue weighted by Crippen LogP contribution is -2.32. The van der Waals surface area contributed by atoms with E-state index in [0.29, 0.717) is 13.2 Å². The molecule has 0 spiro atoms. The standard InChI is InChI=1S/C5H11NO2.ClH/c1-2-5(7)3-6-8-4-5;/h6-7H,2-4H2,1H3;1H/t5-;/m0./s1. The van der Waals surface area contributed by atoms with Crippen molar-refractivity contribution in [2.45, 2.75) is 18.9 Å². The predicted octanol–water partition coefficient (Wildman–Crippen LogP) is 0.0841. The fourth-order valence-electron chi connectivity index (χ4n) is 0.649. The molecule has 0 aromatic heterocycles. The van der Waals surface area contributed by atoms with E-state index in [4.69, 9.17) is 4.84 Å². The van der Waals surface area contributed by atoms with Gasteiger partial charge in [-0.2, -0.15) is 5.48 Å². The number of aliphatic hydroxyl groups is 1. The summed E-state index contributed by atoms with van der Waals surface area (Å²) in [5, 5.41) is 9.31.